The highest BCUT2D eigenvalue weighted by atomic mass is 16.3. The monoisotopic (exact) mass is 261 g/mol. The molecule has 1 saturated heterocycles. The molecule has 0 saturated carbocycles. The summed E-state index contributed by atoms with van der Waals surface area (Å²) in [5, 5.41) is 10.7. The molecule has 102 valence electrons. The number of H-pyrrole nitrogens is 1. The Morgan fingerprint density at radius 3 is 2.95 bits per heavy atom. The van der Waals surface area contributed by atoms with Crippen LogP contribution in [-0.4, -0.2) is 40.9 Å². The van der Waals surface area contributed by atoms with Gasteiger partial charge in [-0.25, -0.2) is 0 Å². The maximum Gasteiger partial charge on any atom is 0.245 e. The van der Waals surface area contributed by atoms with Crippen molar-refractivity contribution in [3.8, 4) is 11.4 Å². The Morgan fingerprint density at radius 1 is 1.42 bits per heavy atom. The Kier molecular flexibility index (Phi) is 3.02. The second-order valence-electron chi connectivity index (χ2n) is 5.11. The molecular weight excluding hydrogens is 242 g/mol. The number of piperazine rings is 1. The van der Waals surface area contributed by atoms with E-state index in [-0.39, 0.29) is 0 Å². The van der Waals surface area contributed by atoms with Gasteiger partial charge in [-0.3, -0.25) is 5.10 Å². The zero-order chi connectivity index (χ0) is 13.4. The molecule has 2 N–H and O–H groups in total. The van der Waals surface area contributed by atoms with Crippen LogP contribution in [-0.2, 0) is 0 Å². The van der Waals surface area contributed by atoms with E-state index in [1.807, 2.05) is 19.9 Å². The smallest absolute Gasteiger partial charge is 0.245 e. The van der Waals surface area contributed by atoms with Crippen molar-refractivity contribution in [2.24, 2.45) is 0 Å². The Morgan fingerprint density at radius 2 is 2.26 bits per heavy atom. The van der Waals surface area contributed by atoms with E-state index in [4.69, 9.17) is 4.42 Å². The van der Waals surface area contributed by atoms with Crippen molar-refractivity contribution in [2.45, 2.75) is 26.8 Å². The lowest BCUT2D eigenvalue weighted by molar-refractivity contribution is 0.480. The van der Waals surface area contributed by atoms with E-state index >= 15 is 0 Å². The minimum Gasteiger partial charge on any atom is -0.466 e. The first kappa shape index (κ1) is 12.2. The summed E-state index contributed by atoms with van der Waals surface area (Å²) >= 11 is 0. The molecule has 0 spiro atoms. The predicted octanol–water partition coefficient (Wildman–Crippen LogP) is 1.48. The molecule has 19 heavy (non-hydrogen) atoms. The molecule has 6 nitrogen and oxygen atoms in total. The van der Waals surface area contributed by atoms with Gasteiger partial charge in [0.1, 0.15) is 11.5 Å². The number of nitrogens with one attached hydrogen (secondary N) is 2. The van der Waals surface area contributed by atoms with Crippen LogP contribution in [0.3, 0.4) is 0 Å². The molecule has 1 aliphatic heterocycles. The molecular formula is C13H19N5O. The summed E-state index contributed by atoms with van der Waals surface area (Å²) in [5.41, 5.74) is 0.986. The van der Waals surface area contributed by atoms with Crippen LogP contribution in [0.1, 0.15) is 18.4 Å². The maximum absolute atomic E-state index is 5.53. The van der Waals surface area contributed by atoms with E-state index < -0.39 is 0 Å². The molecule has 3 heterocycles. The van der Waals surface area contributed by atoms with E-state index in [9.17, 15) is 0 Å². The number of hydrogen-bond donors (Lipinski definition) is 2. The fourth-order valence-electron chi connectivity index (χ4n) is 2.49. The maximum atomic E-state index is 5.53. The van der Waals surface area contributed by atoms with E-state index in [1.165, 1.54) is 0 Å². The number of nitrogens with zero attached hydrogens (tertiary/aromatic N) is 3. The molecule has 0 aromatic carbocycles. The van der Waals surface area contributed by atoms with Gasteiger partial charge in [0.05, 0.1) is 5.56 Å². The van der Waals surface area contributed by atoms with Gasteiger partial charge in [0.15, 0.2) is 5.82 Å². The second-order valence-corrected chi connectivity index (χ2v) is 5.11. The zero-order valence-electron chi connectivity index (χ0n) is 11.5. The van der Waals surface area contributed by atoms with Crippen molar-refractivity contribution in [3.63, 3.8) is 0 Å². The van der Waals surface area contributed by atoms with Gasteiger partial charge >= 0.3 is 0 Å². The van der Waals surface area contributed by atoms with Crippen LogP contribution >= 0.6 is 0 Å². The van der Waals surface area contributed by atoms with Crippen LogP contribution < -0.4 is 10.2 Å². The van der Waals surface area contributed by atoms with Crippen LogP contribution in [0.4, 0.5) is 5.95 Å². The molecule has 1 atom stereocenters. The highest BCUT2D eigenvalue weighted by molar-refractivity contribution is 5.59. The summed E-state index contributed by atoms with van der Waals surface area (Å²) in [5.74, 6) is 3.30. The van der Waals surface area contributed by atoms with Gasteiger partial charge in [-0.15, -0.1) is 5.10 Å². The highest BCUT2D eigenvalue weighted by Crippen LogP contribution is 2.24. The van der Waals surface area contributed by atoms with Gasteiger partial charge in [-0.05, 0) is 26.8 Å². The third-order valence-electron chi connectivity index (χ3n) is 3.42. The number of aromatic amines is 1. The number of rotatable bonds is 2. The van der Waals surface area contributed by atoms with Gasteiger partial charge < -0.3 is 14.6 Å². The first-order chi connectivity index (χ1) is 9.13. The SMILES string of the molecule is Cc1cc(-c2nc(N3CCNC(C)C3)n[nH]2)c(C)o1. The van der Waals surface area contributed by atoms with Gasteiger partial charge in [0, 0.05) is 25.7 Å². The van der Waals surface area contributed by atoms with E-state index in [1.54, 1.807) is 0 Å². The number of furan rings is 1. The summed E-state index contributed by atoms with van der Waals surface area (Å²) in [6.45, 7) is 8.88. The van der Waals surface area contributed by atoms with Crippen molar-refractivity contribution in [2.75, 3.05) is 24.5 Å². The fraction of sp³-hybridized carbons (Fsp3) is 0.538. The Bertz CT molecular complexity index is 573. The second kappa shape index (κ2) is 4.70. The minimum atomic E-state index is 0.466. The minimum absolute atomic E-state index is 0.466. The Balaban J connectivity index is 1.85. The van der Waals surface area contributed by atoms with Crippen LogP contribution in [0.25, 0.3) is 11.4 Å². The molecule has 0 bridgehead atoms. The number of aryl methyl sites for hydroxylation is 2. The number of aromatic nitrogens is 3. The van der Waals surface area contributed by atoms with Crippen molar-refractivity contribution in [1.29, 1.82) is 0 Å². The van der Waals surface area contributed by atoms with Gasteiger partial charge in [-0.2, -0.15) is 4.98 Å². The first-order valence-corrected chi connectivity index (χ1v) is 6.61. The Labute approximate surface area is 112 Å². The molecule has 0 amide bonds. The first-order valence-electron chi connectivity index (χ1n) is 6.61. The van der Waals surface area contributed by atoms with Crippen LogP contribution in [0.15, 0.2) is 10.5 Å². The molecule has 1 fully saturated rings. The number of anilines is 1. The highest BCUT2D eigenvalue weighted by Gasteiger charge is 2.20. The van der Waals surface area contributed by atoms with Gasteiger partial charge in [0.25, 0.3) is 0 Å². The van der Waals surface area contributed by atoms with E-state index in [2.05, 4.69) is 32.3 Å². The van der Waals surface area contributed by atoms with Crippen LogP contribution in [0.5, 0.6) is 0 Å². The van der Waals surface area contributed by atoms with E-state index in [0.717, 1.165) is 48.5 Å². The van der Waals surface area contributed by atoms with Crippen molar-refractivity contribution in [1.82, 2.24) is 20.5 Å². The topological polar surface area (TPSA) is 70.0 Å². The van der Waals surface area contributed by atoms with Crippen molar-refractivity contribution >= 4 is 5.95 Å². The largest absolute Gasteiger partial charge is 0.466 e. The van der Waals surface area contributed by atoms with Crippen molar-refractivity contribution < 1.29 is 4.42 Å². The lowest BCUT2D eigenvalue weighted by Crippen LogP contribution is -2.49. The average molecular weight is 261 g/mol. The third-order valence-corrected chi connectivity index (χ3v) is 3.42. The molecule has 2 aromatic heterocycles. The molecule has 2 aromatic rings. The summed E-state index contributed by atoms with van der Waals surface area (Å²) in [6.07, 6.45) is 0. The normalized spacial score (nSPS) is 19.9. The summed E-state index contributed by atoms with van der Waals surface area (Å²) in [7, 11) is 0. The quantitative estimate of drug-likeness (QED) is 0.857. The average Bonchev–Trinajstić information content (AvgIpc) is 2.96. The Hall–Kier alpha value is -1.82. The molecule has 0 radical (unpaired) electrons. The van der Waals surface area contributed by atoms with Crippen LogP contribution in [0.2, 0.25) is 0 Å². The summed E-state index contributed by atoms with van der Waals surface area (Å²) in [4.78, 5) is 6.78. The van der Waals surface area contributed by atoms with Crippen LogP contribution in [0, 0.1) is 13.8 Å². The lowest BCUT2D eigenvalue weighted by atomic mass is 10.2. The number of hydrogen-bond acceptors (Lipinski definition) is 5. The molecule has 3 rings (SSSR count). The summed E-state index contributed by atoms with van der Waals surface area (Å²) < 4.78 is 5.53. The van der Waals surface area contributed by atoms with Gasteiger partial charge in [0.2, 0.25) is 5.95 Å². The standard InChI is InChI=1S/C13H19N5O/c1-8-7-18(5-4-14-8)13-15-12(16-17-13)11-6-9(2)19-10(11)3/h6,8,14H,4-5,7H2,1-3H3,(H,15,16,17). The molecule has 1 aliphatic rings. The lowest BCUT2D eigenvalue weighted by Gasteiger charge is -2.30. The fourth-order valence-corrected chi connectivity index (χ4v) is 2.49. The van der Waals surface area contributed by atoms with E-state index in [0.29, 0.717) is 6.04 Å². The summed E-state index contributed by atoms with van der Waals surface area (Å²) in [6, 6.07) is 2.45. The van der Waals surface area contributed by atoms with Gasteiger partial charge in [-0.1, -0.05) is 0 Å². The zero-order valence-corrected chi connectivity index (χ0v) is 11.5. The molecule has 0 aliphatic carbocycles. The predicted molar refractivity (Wildman–Crippen MR) is 73.2 cm³/mol. The molecule has 6 heteroatoms. The van der Waals surface area contributed by atoms with Crippen molar-refractivity contribution in [3.05, 3.63) is 17.6 Å². The molecule has 1 unspecified atom stereocenters. The third kappa shape index (κ3) is 2.35.